The lowest BCUT2D eigenvalue weighted by Crippen LogP contribution is -2.22. The van der Waals surface area contributed by atoms with Gasteiger partial charge in [0.2, 0.25) is 0 Å². The molecule has 0 atom stereocenters. The van der Waals surface area contributed by atoms with Gasteiger partial charge < -0.3 is 9.84 Å². The van der Waals surface area contributed by atoms with Gasteiger partial charge >= 0.3 is 5.97 Å². The fourth-order valence-corrected chi connectivity index (χ4v) is 3.54. The van der Waals surface area contributed by atoms with Crippen molar-refractivity contribution < 1.29 is 23.1 Å². The van der Waals surface area contributed by atoms with Crippen molar-refractivity contribution in [3.63, 3.8) is 0 Å². The molecule has 0 bridgehead atoms. The third-order valence-corrected chi connectivity index (χ3v) is 4.68. The van der Waals surface area contributed by atoms with E-state index >= 15 is 0 Å². The van der Waals surface area contributed by atoms with Crippen LogP contribution in [0, 0.1) is 0 Å². The molecule has 1 aromatic carbocycles. The smallest absolute Gasteiger partial charge is 0.304 e. The molecule has 0 unspecified atom stereocenters. The van der Waals surface area contributed by atoms with E-state index in [-0.39, 0.29) is 17.1 Å². The maximum Gasteiger partial charge on any atom is 0.304 e. The van der Waals surface area contributed by atoms with Crippen LogP contribution in [0.4, 0.5) is 0 Å². The number of carboxylic acids is 1. The van der Waals surface area contributed by atoms with Crippen LogP contribution < -0.4 is 4.74 Å². The summed E-state index contributed by atoms with van der Waals surface area (Å²) in [6, 6.07) is 3.16. The summed E-state index contributed by atoms with van der Waals surface area (Å²) in [4.78, 5) is 11.0. The first-order valence-electron chi connectivity index (χ1n) is 5.79. The number of aliphatic carboxylic acids is 1. The van der Waals surface area contributed by atoms with Gasteiger partial charge in [0.05, 0.1) is 18.0 Å². The third kappa shape index (κ3) is 3.73. The van der Waals surface area contributed by atoms with E-state index in [0.29, 0.717) is 10.0 Å². The molecule has 0 heterocycles. The Kier molecular flexibility index (Phi) is 4.86. The summed E-state index contributed by atoms with van der Waals surface area (Å²) in [5.74, 6) is -0.717. The average Bonchev–Trinajstić information content (AvgIpc) is 2.24. The summed E-state index contributed by atoms with van der Waals surface area (Å²) in [7, 11) is -2.10. The summed E-state index contributed by atoms with van der Waals surface area (Å²) < 4.78 is 29.3. The monoisotopic (exact) mass is 364 g/mol. The van der Waals surface area contributed by atoms with E-state index in [1.807, 2.05) is 0 Å². The number of methoxy groups -OCH3 is 1. The Bertz CT molecular complexity index is 634. The highest BCUT2D eigenvalue weighted by atomic mass is 79.9. The number of hydrogen-bond acceptors (Lipinski definition) is 4. The van der Waals surface area contributed by atoms with Crippen molar-refractivity contribution in [3.05, 3.63) is 22.2 Å². The molecule has 0 aromatic heterocycles. The first-order chi connectivity index (χ1) is 8.99. The first kappa shape index (κ1) is 17.0. The molecule has 0 aliphatic heterocycles. The Balaban J connectivity index is 3.54. The van der Waals surface area contributed by atoms with Crippen LogP contribution in [0.25, 0.3) is 0 Å². The molecule has 1 N–H and O–H groups in total. The van der Waals surface area contributed by atoms with Crippen molar-refractivity contribution in [1.82, 2.24) is 0 Å². The SMILES string of the molecule is COc1c(Br)cc(C(C)(C)CC(=O)O)cc1S(C)(=O)=O. The first-order valence-corrected chi connectivity index (χ1v) is 8.47. The summed E-state index contributed by atoms with van der Waals surface area (Å²) in [6.45, 7) is 3.50. The second kappa shape index (κ2) is 5.73. The topological polar surface area (TPSA) is 80.7 Å². The summed E-state index contributed by atoms with van der Waals surface area (Å²) in [5.41, 5.74) is -0.0759. The standard InChI is InChI=1S/C13H17BrO5S/c1-13(2,7-11(15)16)8-5-9(14)12(19-3)10(6-8)20(4,17)18/h5-6H,7H2,1-4H3,(H,15,16). The van der Waals surface area contributed by atoms with Gasteiger partial charge in [-0.2, -0.15) is 0 Å². The van der Waals surface area contributed by atoms with Gasteiger partial charge in [-0.25, -0.2) is 8.42 Å². The molecule has 0 fully saturated rings. The maximum absolute atomic E-state index is 11.8. The molecule has 1 rings (SSSR count). The molecule has 0 saturated carbocycles. The Hall–Kier alpha value is -1.08. The van der Waals surface area contributed by atoms with E-state index in [1.54, 1.807) is 19.9 Å². The molecular weight excluding hydrogens is 348 g/mol. The van der Waals surface area contributed by atoms with Gasteiger partial charge in [-0.1, -0.05) is 13.8 Å². The minimum Gasteiger partial charge on any atom is -0.494 e. The molecule has 0 saturated heterocycles. The molecule has 0 aliphatic rings. The van der Waals surface area contributed by atoms with Crippen LogP contribution in [0.2, 0.25) is 0 Å². The molecule has 0 amide bonds. The molecule has 112 valence electrons. The van der Waals surface area contributed by atoms with E-state index in [4.69, 9.17) is 9.84 Å². The fourth-order valence-electron chi connectivity index (χ4n) is 1.91. The molecule has 1 aromatic rings. The van der Waals surface area contributed by atoms with Crippen molar-refractivity contribution in [3.8, 4) is 5.75 Å². The molecule has 7 heteroatoms. The zero-order valence-corrected chi connectivity index (χ0v) is 14.1. The van der Waals surface area contributed by atoms with E-state index < -0.39 is 21.2 Å². The largest absolute Gasteiger partial charge is 0.494 e. The summed E-state index contributed by atoms with van der Waals surface area (Å²) >= 11 is 3.27. The predicted octanol–water partition coefficient (Wildman–Crippen LogP) is 2.61. The lowest BCUT2D eigenvalue weighted by molar-refractivity contribution is -0.138. The minimum atomic E-state index is -3.48. The van der Waals surface area contributed by atoms with Crippen LogP contribution in [0.5, 0.6) is 5.75 Å². The van der Waals surface area contributed by atoms with Crippen LogP contribution in [-0.4, -0.2) is 32.9 Å². The summed E-state index contributed by atoms with van der Waals surface area (Å²) in [6.07, 6.45) is 0.986. The van der Waals surface area contributed by atoms with Crippen LogP contribution >= 0.6 is 15.9 Å². The molecule has 0 radical (unpaired) electrons. The maximum atomic E-state index is 11.8. The van der Waals surface area contributed by atoms with Gasteiger partial charge in [0.15, 0.2) is 15.6 Å². The highest BCUT2D eigenvalue weighted by molar-refractivity contribution is 9.10. The Morgan fingerprint density at radius 1 is 1.40 bits per heavy atom. The number of ether oxygens (including phenoxy) is 1. The molecular formula is C13H17BrO5S. The minimum absolute atomic E-state index is 0.0443. The van der Waals surface area contributed by atoms with Crippen LogP contribution in [0.3, 0.4) is 0 Å². The number of carbonyl (C=O) groups is 1. The lowest BCUT2D eigenvalue weighted by atomic mass is 9.81. The van der Waals surface area contributed by atoms with Crippen LogP contribution in [0.1, 0.15) is 25.8 Å². The van der Waals surface area contributed by atoms with E-state index in [1.165, 1.54) is 13.2 Å². The summed E-state index contributed by atoms with van der Waals surface area (Å²) in [5, 5.41) is 8.95. The van der Waals surface area contributed by atoms with Crippen molar-refractivity contribution >= 4 is 31.7 Å². The number of sulfone groups is 1. The van der Waals surface area contributed by atoms with Gasteiger partial charge in [-0.15, -0.1) is 0 Å². The molecule has 20 heavy (non-hydrogen) atoms. The third-order valence-electron chi connectivity index (χ3n) is 2.99. The van der Waals surface area contributed by atoms with E-state index in [0.717, 1.165) is 6.26 Å². The van der Waals surface area contributed by atoms with Gasteiger partial charge in [0, 0.05) is 11.7 Å². The zero-order valence-electron chi connectivity index (χ0n) is 11.7. The van der Waals surface area contributed by atoms with Crippen molar-refractivity contribution in [2.75, 3.05) is 13.4 Å². The lowest BCUT2D eigenvalue weighted by Gasteiger charge is -2.25. The van der Waals surface area contributed by atoms with Crippen molar-refractivity contribution in [2.24, 2.45) is 0 Å². The highest BCUT2D eigenvalue weighted by Crippen LogP contribution is 2.38. The second-order valence-corrected chi connectivity index (χ2v) is 8.05. The molecule has 0 aliphatic carbocycles. The quantitative estimate of drug-likeness (QED) is 0.868. The number of rotatable bonds is 5. The molecule has 5 nitrogen and oxygen atoms in total. The number of benzene rings is 1. The van der Waals surface area contributed by atoms with Crippen LogP contribution in [0.15, 0.2) is 21.5 Å². The number of carboxylic acid groups (broad SMARTS) is 1. The van der Waals surface area contributed by atoms with Gasteiger partial charge in [0.25, 0.3) is 0 Å². The Morgan fingerprint density at radius 2 is 1.95 bits per heavy atom. The van der Waals surface area contributed by atoms with Gasteiger partial charge in [-0.05, 0) is 33.6 Å². The van der Waals surface area contributed by atoms with Crippen molar-refractivity contribution in [2.45, 2.75) is 30.6 Å². The van der Waals surface area contributed by atoms with Crippen LogP contribution in [-0.2, 0) is 20.0 Å². The van der Waals surface area contributed by atoms with E-state index in [2.05, 4.69) is 15.9 Å². The Morgan fingerprint density at radius 3 is 2.35 bits per heavy atom. The number of hydrogen-bond donors (Lipinski definition) is 1. The highest BCUT2D eigenvalue weighted by Gasteiger charge is 2.28. The van der Waals surface area contributed by atoms with Gasteiger partial charge in [0.1, 0.15) is 4.90 Å². The molecule has 0 spiro atoms. The van der Waals surface area contributed by atoms with Gasteiger partial charge in [-0.3, -0.25) is 4.79 Å². The Labute approximate surface area is 127 Å². The second-order valence-electron chi connectivity index (χ2n) is 5.22. The average molecular weight is 365 g/mol. The normalized spacial score (nSPS) is 12.2. The number of halogens is 1. The fraction of sp³-hybridized carbons (Fsp3) is 0.462. The predicted molar refractivity (Wildman–Crippen MR) is 79.1 cm³/mol. The zero-order chi connectivity index (χ0) is 15.7. The van der Waals surface area contributed by atoms with Crippen molar-refractivity contribution in [1.29, 1.82) is 0 Å². The van der Waals surface area contributed by atoms with E-state index in [9.17, 15) is 13.2 Å².